The van der Waals surface area contributed by atoms with E-state index in [-0.39, 0.29) is 16.8 Å². The molecule has 1 aliphatic carbocycles. The third-order valence-corrected chi connectivity index (χ3v) is 4.57. The maximum absolute atomic E-state index is 12.0. The van der Waals surface area contributed by atoms with Crippen LogP contribution in [0, 0.1) is 0 Å². The lowest BCUT2D eigenvalue weighted by Crippen LogP contribution is -2.45. The van der Waals surface area contributed by atoms with Crippen molar-refractivity contribution >= 4 is 15.9 Å². The van der Waals surface area contributed by atoms with Crippen molar-refractivity contribution in [3.8, 4) is 0 Å². The molecule has 1 fully saturated rings. The van der Waals surface area contributed by atoms with E-state index in [1.54, 1.807) is 0 Å². The second-order valence-electron chi connectivity index (χ2n) is 6.09. The van der Waals surface area contributed by atoms with Gasteiger partial charge in [0.1, 0.15) is 0 Å². The second-order valence-corrected chi connectivity index (χ2v) is 7.81. The molecular weight excluding hydrogens is 290 g/mol. The number of benzene rings is 1. The number of nitrogens with two attached hydrogens (primary N) is 1. The Morgan fingerprint density at radius 2 is 1.86 bits per heavy atom. The average molecular weight is 311 g/mol. The van der Waals surface area contributed by atoms with E-state index in [2.05, 4.69) is 10.0 Å². The first kappa shape index (κ1) is 15.9. The van der Waals surface area contributed by atoms with Crippen molar-refractivity contribution in [2.24, 2.45) is 5.73 Å². The average Bonchev–Trinajstić information content (AvgIpc) is 3.18. The number of sulfonamides is 1. The van der Waals surface area contributed by atoms with Crippen LogP contribution in [0.4, 0.5) is 0 Å². The van der Waals surface area contributed by atoms with Crippen molar-refractivity contribution in [1.82, 2.24) is 10.0 Å². The number of carbonyl (C=O) groups is 1. The van der Waals surface area contributed by atoms with Gasteiger partial charge in [0.2, 0.25) is 10.0 Å². The molecule has 0 atom stereocenters. The summed E-state index contributed by atoms with van der Waals surface area (Å²) in [6, 6.07) is 5.94. The number of carbonyl (C=O) groups excluding carboxylic acids is 1. The molecule has 6 nitrogen and oxygen atoms in total. The molecule has 0 spiro atoms. The van der Waals surface area contributed by atoms with E-state index in [0.717, 1.165) is 12.8 Å². The highest BCUT2D eigenvalue weighted by molar-refractivity contribution is 7.89. The fourth-order valence-electron chi connectivity index (χ4n) is 1.68. The van der Waals surface area contributed by atoms with E-state index in [0.29, 0.717) is 12.1 Å². The maximum atomic E-state index is 12.0. The predicted molar refractivity (Wildman–Crippen MR) is 80.4 cm³/mol. The van der Waals surface area contributed by atoms with Gasteiger partial charge in [-0.15, -0.1) is 0 Å². The van der Waals surface area contributed by atoms with Crippen molar-refractivity contribution < 1.29 is 13.2 Å². The molecule has 4 N–H and O–H groups in total. The normalized spacial score (nSPS) is 15.8. The summed E-state index contributed by atoms with van der Waals surface area (Å²) in [6.07, 6.45) is 1.77. The summed E-state index contributed by atoms with van der Waals surface area (Å²) in [5.74, 6) is -0.271. The van der Waals surface area contributed by atoms with E-state index in [4.69, 9.17) is 5.73 Å². The zero-order chi connectivity index (χ0) is 15.7. The molecule has 7 heteroatoms. The lowest BCUT2D eigenvalue weighted by atomic mass is 10.1. The summed E-state index contributed by atoms with van der Waals surface area (Å²) in [6.45, 7) is 3.97. The number of amides is 1. The molecule has 116 valence electrons. The molecule has 21 heavy (non-hydrogen) atoms. The highest BCUT2D eigenvalue weighted by atomic mass is 32.2. The van der Waals surface area contributed by atoms with Gasteiger partial charge in [-0.3, -0.25) is 4.79 Å². The van der Waals surface area contributed by atoms with E-state index in [1.165, 1.54) is 24.3 Å². The van der Waals surface area contributed by atoms with Gasteiger partial charge in [-0.05, 0) is 51.0 Å². The first-order valence-corrected chi connectivity index (χ1v) is 8.35. The van der Waals surface area contributed by atoms with Gasteiger partial charge in [0.15, 0.2) is 0 Å². The number of hydrogen-bond donors (Lipinski definition) is 3. The molecule has 0 radical (unpaired) electrons. The van der Waals surface area contributed by atoms with Crippen LogP contribution in [0.1, 0.15) is 37.0 Å². The van der Waals surface area contributed by atoms with Gasteiger partial charge in [0, 0.05) is 23.7 Å². The summed E-state index contributed by atoms with van der Waals surface area (Å²) >= 11 is 0. The molecule has 1 saturated carbocycles. The van der Waals surface area contributed by atoms with Crippen molar-refractivity contribution in [1.29, 1.82) is 0 Å². The summed E-state index contributed by atoms with van der Waals surface area (Å²) < 4.78 is 26.6. The van der Waals surface area contributed by atoms with Crippen molar-refractivity contribution in [3.05, 3.63) is 29.8 Å². The minimum absolute atomic E-state index is 0.0600. The SMILES string of the molecule is CC(C)(N)CNC(=O)c1ccc(S(=O)(=O)NC2CC2)cc1. The predicted octanol–water partition coefficient (Wildman–Crippen LogP) is 0.594. The monoisotopic (exact) mass is 311 g/mol. The van der Waals surface area contributed by atoms with Gasteiger partial charge in [-0.1, -0.05) is 0 Å². The van der Waals surface area contributed by atoms with Crippen molar-refractivity contribution in [2.75, 3.05) is 6.54 Å². The smallest absolute Gasteiger partial charge is 0.251 e. The summed E-state index contributed by atoms with van der Waals surface area (Å²) in [4.78, 5) is 12.1. The Labute approximate surface area is 125 Å². The largest absolute Gasteiger partial charge is 0.350 e. The Kier molecular flexibility index (Phi) is 4.36. The fraction of sp³-hybridized carbons (Fsp3) is 0.500. The molecule has 1 aromatic carbocycles. The van der Waals surface area contributed by atoms with Crippen LogP contribution in [0.2, 0.25) is 0 Å². The third kappa shape index (κ3) is 4.80. The zero-order valence-corrected chi connectivity index (χ0v) is 13.0. The molecule has 1 aliphatic rings. The molecule has 0 heterocycles. The van der Waals surface area contributed by atoms with Crippen LogP contribution in [-0.2, 0) is 10.0 Å². The van der Waals surface area contributed by atoms with Gasteiger partial charge in [0.25, 0.3) is 5.91 Å². The minimum atomic E-state index is -3.48. The third-order valence-electron chi connectivity index (χ3n) is 3.03. The van der Waals surface area contributed by atoms with Gasteiger partial charge in [0.05, 0.1) is 4.90 Å². The molecule has 1 amide bonds. The fourth-order valence-corrected chi connectivity index (χ4v) is 2.99. The quantitative estimate of drug-likeness (QED) is 0.716. The molecule has 0 aliphatic heterocycles. The molecular formula is C14H21N3O3S. The highest BCUT2D eigenvalue weighted by Gasteiger charge is 2.28. The zero-order valence-electron chi connectivity index (χ0n) is 12.2. The van der Waals surface area contributed by atoms with Crippen LogP contribution < -0.4 is 15.8 Å². The van der Waals surface area contributed by atoms with Crippen molar-refractivity contribution in [3.63, 3.8) is 0 Å². The standard InChI is InChI=1S/C14H21N3O3S/c1-14(2,15)9-16-13(18)10-3-7-12(8-4-10)21(19,20)17-11-5-6-11/h3-4,7-8,11,17H,5-6,9,15H2,1-2H3,(H,16,18). The van der Waals surface area contributed by atoms with E-state index in [9.17, 15) is 13.2 Å². The van der Waals surface area contributed by atoms with Crippen LogP contribution in [-0.4, -0.2) is 32.5 Å². The molecule has 0 aromatic heterocycles. The first-order valence-electron chi connectivity index (χ1n) is 6.87. The molecule has 0 saturated heterocycles. The van der Waals surface area contributed by atoms with Gasteiger partial charge < -0.3 is 11.1 Å². The number of rotatable bonds is 6. The lowest BCUT2D eigenvalue weighted by molar-refractivity contribution is 0.0946. The molecule has 0 unspecified atom stereocenters. The van der Waals surface area contributed by atoms with E-state index >= 15 is 0 Å². The minimum Gasteiger partial charge on any atom is -0.350 e. The Balaban J connectivity index is 2.02. The van der Waals surface area contributed by atoms with E-state index in [1.807, 2.05) is 13.8 Å². The molecule has 2 rings (SSSR count). The Hall–Kier alpha value is -1.44. The van der Waals surface area contributed by atoms with Gasteiger partial charge in [-0.25, -0.2) is 13.1 Å². The number of hydrogen-bond acceptors (Lipinski definition) is 4. The maximum Gasteiger partial charge on any atom is 0.251 e. The topological polar surface area (TPSA) is 101 Å². The number of nitrogens with one attached hydrogen (secondary N) is 2. The lowest BCUT2D eigenvalue weighted by Gasteiger charge is -2.18. The molecule has 1 aromatic rings. The van der Waals surface area contributed by atoms with Gasteiger partial charge in [-0.2, -0.15) is 0 Å². The summed E-state index contributed by atoms with van der Waals surface area (Å²) in [5.41, 5.74) is 5.71. The summed E-state index contributed by atoms with van der Waals surface area (Å²) in [5, 5.41) is 2.71. The molecule has 0 bridgehead atoms. The van der Waals surface area contributed by atoms with Gasteiger partial charge >= 0.3 is 0 Å². The van der Waals surface area contributed by atoms with Crippen LogP contribution in [0.25, 0.3) is 0 Å². The Morgan fingerprint density at radius 3 is 2.33 bits per heavy atom. The van der Waals surface area contributed by atoms with Crippen LogP contribution in [0.3, 0.4) is 0 Å². The second kappa shape index (κ2) is 5.75. The van der Waals surface area contributed by atoms with Crippen LogP contribution in [0.5, 0.6) is 0 Å². The summed E-state index contributed by atoms with van der Waals surface area (Å²) in [7, 11) is -3.48. The van der Waals surface area contributed by atoms with E-state index < -0.39 is 15.6 Å². The Morgan fingerprint density at radius 1 is 1.29 bits per heavy atom. The van der Waals surface area contributed by atoms with Crippen molar-refractivity contribution in [2.45, 2.75) is 43.2 Å². The van der Waals surface area contributed by atoms with Crippen LogP contribution >= 0.6 is 0 Å². The highest BCUT2D eigenvalue weighted by Crippen LogP contribution is 2.22. The Bertz CT molecular complexity index is 614. The first-order chi connectivity index (χ1) is 9.67. The van der Waals surface area contributed by atoms with Crippen LogP contribution in [0.15, 0.2) is 29.2 Å².